The van der Waals surface area contributed by atoms with Crippen LogP contribution < -0.4 is 11.1 Å². The normalized spacial score (nSPS) is 23.0. The number of nitrogens with zero attached hydrogens (tertiary/aromatic N) is 2. The van der Waals surface area contributed by atoms with Crippen molar-refractivity contribution in [2.45, 2.75) is 44.2 Å². The van der Waals surface area contributed by atoms with Crippen LogP contribution in [0, 0.1) is 29.3 Å². The third-order valence-electron chi connectivity index (χ3n) is 8.10. The van der Waals surface area contributed by atoms with Crippen molar-refractivity contribution in [1.82, 2.24) is 15.1 Å². The van der Waals surface area contributed by atoms with Gasteiger partial charge in [0, 0.05) is 24.7 Å². The summed E-state index contributed by atoms with van der Waals surface area (Å²) >= 11 is 0. The van der Waals surface area contributed by atoms with Gasteiger partial charge in [-0.3, -0.25) is 24.1 Å². The highest BCUT2D eigenvalue weighted by molar-refractivity contribution is 6.22. The lowest BCUT2D eigenvalue weighted by atomic mass is 9.85. The topological polar surface area (TPSA) is 113 Å². The summed E-state index contributed by atoms with van der Waals surface area (Å²) < 4.78 is 41.1. The largest absolute Gasteiger partial charge is 0.345 e. The number of nitrogens with two attached hydrogens (primary N) is 1. The van der Waals surface area contributed by atoms with Crippen molar-refractivity contribution in [3.05, 3.63) is 70.5 Å². The number of piperidine rings is 1. The van der Waals surface area contributed by atoms with Gasteiger partial charge < -0.3 is 16.0 Å². The molecule has 3 fully saturated rings. The number of fused-ring (bicyclic) bond motifs is 5. The number of hydrogen-bond donors (Lipinski definition) is 2. The molecule has 2 aromatic carbocycles. The fourth-order valence-electron chi connectivity index (χ4n) is 6.07. The summed E-state index contributed by atoms with van der Waals surface area (Å²) in [6.45, 7) is -0.258. The van der Waals surface area contributed by atoms with Gasteiger partial charge in [0.05, 0.1) is 17.7 Å². The van der Waals surface area contributed by atoms with Crippen LogP contribution in [0.3, 0.4) is 0 Å². The highest BCUT2D eigenvalue weighted by atomic mass is 19.2. The molecule has 3 N–H and O–H groups in total. The number of hydrogen-bond acceptors (Lipinski definition) is 5. The molecule has 11 heteroatoms. The average molecular weight is 543 g/mol. The van der Waals surface area contributed by atoms with Gasteiger partial charge in [0.1, 0.15) is 12.4 Å². The first-order valence-corrected chi connectivity index (χ1v) is 13.0. The number of rotatable bonds is 7. The molecule has 0 radical (unpaired) electrons. The van der Waals surface area contributed by atoms with E-state index in [2.05, 4.69) is 5.32 Å². The van der Waals surface area contributed by atoms with Crippen molar-refractivity contribution in [2.75, 3.05) is 19.6 Å². The molecule has 3 aliphatic heterocycles. The number of carbonyl (C=O) groups is 4. The van der Waals surface area contributed by atoms with Crippen LogP contribution in [0.5, 0.6) is 0 Å². The van der Waals surface area contributed by atoms with Crippen molar-refractivity contribution in [2.24, 2.45) is 17.6 Å². The molecule has 0 aromatic heterocycles. The van der Waals surface area contributed by atoms with E-state index in [-0.39, 0.29) is 53.4 Å². The first-order chi connectivity index (χ1) is 18.6. The van der Waals surface area contributed by atoms with Crippen LogP contribution in [-0.2, 0) is 16.0 Å². The molecular formula is C28H29F3N4O4. The fourth-order valence-corrected chi connectivity index (χ4v) is 6.07. The lowest BCUT2D eigenvalue weighted by Crippen LogP contribution is -2.50. The lowest BCUT2D eigenvalue weighted by molar-refractivity contribution is -0.136. The highest BCUT2D eigenvalue weighted by Gasteiger charge is 2.40. The molecule has 4 atom stereocenters. The second kappa shape index (κ2) is 10.8. The van der Waals surface area contributed by atoms with E-state index in [0.29, 0.717) is 19.0 Å². The Kier molecular flexibility index (Phi) is 7.44. The van der Waals surface area contributed by atoms with Crippen molar-refractivity contribution in [1.29, 1.82) is 0 Å². The van der Waals surface area contributed by atoms with Gasteiger partial charge in [-0.2, -0.15) is 0 Å². The van der Waals surface area contributed by atoms with Crippen LogP contribution >= 0.6 is 0 Å². The molecule has 4 aliphatic rings. The number of amides is 4. The zero-order chi connectivity index (χ0) is 27.8. The predicted octanol–water partition coefficient (Wildman–Crippen LogP) is 2.40. The molecule has 3 heterocycles. The maximum Gasteiger partial charge on any atom is 0.262 e. The number of carbonyl (C=O) groups excluding carboxylic acids is 4. The van der Waals surface area contributed by atoms with E-state index in [0.717, 1.165) is 30.2 Å². The van der Waals surface area contributed by atoms with Gasteiger partial charge in [-0.1, -0.05) is 12.1 Å². The second-order valence-electron chi connectivity index (χ2n) is 10.6. The summed E-state index contributed by atoms with van der Waals surface area (Å²) in [7, 11) is 0. The molecule has 4 amide bonds. The zero-order valence-corrected chi connectivity index (χ0v) is 21.2. The van der Waals surface area contributed by atoms with Crippen LogP contribution in [0.1, 0.15) is 52.0 Å². The summed E-state index contributed by atoms with van der Waals surface area (Å²) in [4.78, 5) is 53.2. The molecule has 2 aromatic rings. The first kappa shape index (κ1) is 26.9. The lowest BCUT2D eigenvalue weighted by Gasteiger charge is -2.37. The number of benzene rings is 2. The Morgan fingerprint density at radius 1 is 0.974 bits per heavy atom. The van der Waals surface area contributed by atoms with Crippen molar-refractivity contribution >= 4 is 23.6 Å². The molecule has 2 bridgehead atoms. The Labute approximate surface area is 223 Å². The summed E-state index contributed by atoms with van der Waals surface area (Å²) in [5, 5.41) is 2.53. The van der Waals surface area contributed by atoms with Gasteiger partial charge in [-0.15, -0.1) is 0 Å². The first-order valence-electron chi connectivity index (χ1n) is 13.0. The predicted molar refractivity (Wildman–Crippen MR) is 134 cm³/mol. The molecule has 39 heavy (non-hydrogen) atoms. The van der Waals surface area contributed by atoms with Crippen LogP contribution in [0.25, 0.3) is 0 Å². The Morgan fingerprint density at radius 2 is 1.64 bits per heavy atom. The SMILES string of the molecule is NC(Cc1cc(F)c(F)cc1F)C1C[C@H]2CC[C@@H](C1)N(C(=O)CNC(=O)CN1C(=O)c3ccccc3C1=O)C2. The Balaban J connectivity index is 1.16. The number of nitrogens with one attached hydrogen (secondary N) is 1. The molecule has 1 aliphatic carbocycles. The highest BCUT2D eigenvalue weighted by Crippen LogP contribution is 2.38. The molecule has 0 spiro atoms. The van der Waals surface area contributed by atoms with E-state index in [1.54, 1.807) is 17.0 Å². The maximum absolute atomic E-state index is 14.2. The van der Waals surface area contributed by atoms with Gasteiger partial charge in [0.2, 0.25) is 11.8 Å². The van der Waals surface area contributed by atoms with Gasteiger partial charge >= 0.3 is 0 Å². The van der Waals surface area contributed by atoms with E-state index < -0.39 is 47.8 Å². The maximum atomic E-state index is 14.2. The Morgan fingerprint density at radius 3 is 2.33 bits per heavy atom. The minimum Gasteiger partial charge on any atom is -0.345 e. The smallest absolute Gasteiger partial charge is 0.262 e. The summed E-state index contributed by atoms with van der Waals surface area (Å²) in [5.41, 5.74) is 6.91. The van der Waals surface area contributed by atoms with E-state index in [1.807, 2.05) is 0 Å². The fraction of sp³-hybridized carbons (Fsp3) is 0.429. The van der Waals surface area contributed by atoms with E-state index in [4.69, 9.17) is 5.73 Å². The minimum absolute atomic E-state index is 0.0201. The zero-order valence-electron chi connectivity index (χ0n) is 21.2. The standard InChI is InChI=1S/C28H29F3N4O4/c29-21-11-23(31)22(30)9-16(21)10-24(32)17-7-15-5-6-18(8-17)34(13-15)26(37)12-33-25(36)14-35-27(38)19-3-1-2-4-20(19)28(35)39/h1-4,9,11,15,17-18,24H,5-8,10,12-14,32H2,(H,33,36)/t15-,17?,18+,24?/m1/s1. The Bertz CT molecular complexity index is 1300. The Hall–Kier alpha value is -3.73. The van der Waals surface area contributed by atoms with Crippen molar-refractivity contribution in [3.63, 3.8) is 0 Å². The molecule has 1 saturated carbocycles. The number of imide groups is 1. The minimum atomic E-state index is -1.25. The van der Waals surface area contributed by atoms with E-state index in [1.165, 1.54) is 12.1 Å². The van der Waals surface area contributed by atoms with Crippen molar-refractivity contribution in [3.8, 4) is 0 Å². The number of halogens is 3. The van der Waals surface area contributed by atoms with Crippen LogP contribution in [0.2, 0.25) is 0 Å². The van der Waals surface area contributed by atoms with Gasteiger partial charge in [0.15, 0.2) is 11.6 Å². The van der Waals surface area contributed by atoms with Crippen LogP contribution in [0.15, 0.2) is 36.4 Å². The molecular weight excluding hydrogens is 513 g/mol. The summed E-state index contributed by atoms with van der Waals surface area (Å²) in [6, 6.07) is 7.09. The third-order valence-corrected chi connectivity index (χ3v) is 8.10. The monoisotopic (exact) mass is 542 g/mol. The van der Waals surface area contributed by atoms with Crippen LogP contribution in [0.4, 0.5) is 13.2 Å². The summed E-state index contributed by atoms with van der Waals surface area (Å²) in [5.74, 6) is -5.07. The van der Waals surface area contributed by atoms with Gasteiger partial charge in [0.25, 0.3) is 11.8 Å². The van der Waals surface area contributed by atoms with Crippen LogP contribution in [-0.4, -0.2) is 65.1 Å². The summed E-state index contributed by atoms with van der Waals surface area (Å²) in [6.07, 6.45) is 3.02. The average Bonchev–Trinajstić information content (AvgIpc) is 3.11. The quantitative estimate of drug-likeness (QED) is 0.412. The second-order valence-corrected chi connectivity index (χ2v) is 10.6. The molecule has 6 rings (SSSR count). The van der Waals surface area contributed by atoms with Gasteiger partial charge in [-0.25, -0.2) is 13.2 Å². The molecule has 206 valence electrons. The van der Waals surface area contributed by atoms with Crippen molar-refractivity contribution < 1.29 is 32.3 Å². The third kappa shape index (κ3) is 5.40. The molecule has 2 saturated heterocycles. The molecule has 2 unspecified atom stereocenters. The van der Waals surface area contributed by atoms with E-state index >= 15 is 0 Å². The van der Waals surface area contributed by atoms with Gasteiger partial charge in [-0.05, 0) is 67.7 Å². The molecule has 8 nitrogen and oxygen atoms in total. The van der Waals surface area contributed by atoms with E-state index in [9.17, 15) is 32.3 Å².